The second-order valence-corrected chi connectivity index (χ2v) is 11.1. The van der Waals surface area contributed by atoms with Gasteiger partial charge in [-0.05, 0) is 30.3 Å². The monoisotopic (exact) mass is 562 g/mol. The van der Waals surface area contributed by atoms with Crippen LogP contribution in [-0.2, 0) is 0 Å². The minimum absolute atomic E-state index is 0.656. The highest BCUT2D eigenvalue weighted by molar-refractivity contribution is 6.31. The van der Waals surface area contributed by atoms with E-state index in [2.05, 4.69) is 155 Å². The van der Waals surface area contributed by atoms with Gasteiger partial charge in [0.15, 0.2) is 0 Å². The molecule has 0 radical (unpaired) electrons. The molecule has 0 spiro atoms. The predicted octanol–water partition coefficient (Wildman–Crippen LogP) is 10.0. The van der Waals surface area contributed by atoms with Gasteiger partial charge >= 0.3 is 0 Å². The van der Waals surface area contributed by atoms with Crippen molar-refractivity contribution in [1.29, 1.82) is 0 Å². The lowest BCUT2D eigenvalue weighted by molar-refractivity contribution is 0.998. The number of hydrogen-bond donors (Lipinski definition) is 0. The SMILES string of the molecule is c1ccc(-c2cc(-c3ccccc3)nc(-n3c4ccccc4c4c5ccn(-c6ccccc6)c5c5ccccc5c43)n2)cc1. The van der Waals surface area contributed by atoms with Crippen LogP contribution in [0.5, 0.6) is 0 Å². The Labute approximate surface area is 254 Å². The van der Waals surface area contributed by atoms with Crippen LogP contribution in [0.3, 0.4) is 0 Å². The summed E-state index contributed by atoms with van der Waals surface area (Å²) in [5.74, 6) is 0.656. The summed E-state index contributed by atoms with van der Waals surface area (Å²) in [7, 11) is 0. The van der Waals surface area contributed by atoms with Gasteiger partial charge in [0, 0.05) is 49.9 Å². The van der Waals surface area contributed by atoms with Crippen molar-refractivity contribution in [1.82, 2.24) is 19.1 Å². The fourth-order valence-electron chi connectivity index (χ4n) is 6.63. The number of hydrogen-bond acceptors (Lipinski definition) is 2. The van der Waals surface area contributed by atoms with Gasteiger partial charge in [-0.2, -0.15) is 0 Å². The normalized spacial score (nSPS) is 11.6. The smallest absolute Gasteiger partial charge is 0.235 e. The Morgan fingerprint density at radius 2 is 0.955 bits per heavy atom. The molecule has 4 heteroatoms. The van der Waals surface area contributed by atoms with Gasteiger partial charge in [0.25, 0.3) is 0 Å². The van der Waals surface area contributed by atoms with Crippen LogP contribution in [0.25, 0.3) is 77.6 Å². The zero-order valence-corrected chi connectivity index (χ0v) is 23.8. The van der Waals surface area contributed by atoms with E-state index in [-0.39, 0.29) is 0 Å². The fraction of sp³-hybridized carbons (Fsp3) is 0. The molecule has 6 aromatic carbocycles. The molecule has 0 N–H and O–H groups in total. The number of aromatic nitrogens is 4. The van der Waals surface area contributed by atoms with Gasteiger partial charge in [0.1, 0.15) is 0 Å². The molecule has 44 heavy (non-hydrogen) atoms. The van der Waals surface area contributed by atoms with E-state index >= 15 is 0 Å². The van der Waals surface area contributed by atoms with Crippen LogP contribution in [0, 0.1) is 0 Å². The van der Waals surface area contributed by atoms with Crippen molar-refractivity contribution in [3.05, 3.63) is 158 Å². The van der Waals surface area contributed by atoms with Gasteiger partial charge in [0.05, 0.1) is 27.9 Å². The van der Waals surface area contributed by atoms with Crippen molar-refractivity contribution in [2.45, 2.75) is 0 Å². The third-order valence-corrected chi connectivity index (χ3v) is 8.56. The van der Waals surface area contributed by atoms with Crippen LogP contribution in [0.15, 0.2) is 158 Å². The largest absolute Gasteiger partial charge is 0.316 e. The molecule has 0 saturated heterocycles. The average molecular weight is 563 g/mol. The molecule has 0 unspecified atom stereocenters. The zero-order chi connectivity index (χ0) is 29.0. The quantitative estimate of drug-likeness (QED) is 0.214. The number of benzene rings is 6. The Hall–Kier alpha value is -6.00. The summed E-state index contributed by atoms with van der Waals surface area (Å²) in [4.78, 5) is 10.5. The van der Waals surface area contributed by atoms with Crippen molar-refractivity contribution in [3.63, 3.8) is 0 Å². The van der Waals surface area contributed by atoms with Crippen LogP contribution in [0.1, 0.15) is 0 Å². The summed E-state index contributed by atoms with van der Waals surface area (Å²) in [6.45, 7) is 0. The molecule has 9 aromatic rings. The number of nitrogens with zero attached hydrogens (tertiary/aromatic N) is 4. The summed E-state index contributed by atoms with van der Waals surface area (Å²) >= 11 is 0. The lowest BCUT2D eigenvalue weighted by Crippen LogP contribution is -2.04. The molecule has 9 rings (SSSR count). The van der Waals surface area contributed by atoms with Crippen LogP contribution in [-0.4, -0.2) is 19.1 Å². The van der Waals surface area contributed by atoms with E-state index < -0.39 is 0 Å². The Bertz CT molecular complexity index is 2420. The average Bonchev–Trinajstić information content (AvgIpc) is 3.70. The summed E-state index contributed by atoms with van der Waals surface area (Å²) in [5, 5.41) is 5.95. The van der Waals surface area contributed by atoms with Crippen LogP contribution in [0.2, 0.25) is 0 Å². The number of fused-ring (bicyclic) bond motifs is 8. The van der Waals surface area contributed by atoms with Gasteiger partial charge in [-0.3, -0.25) is 4.57 Å². The molecule has 0 aliphatic rings. The van der Waals surface area contributed by atoms with Gasteiger partial charge in [-0.1, -0.05) is 121 Å². The van der Waals surface area contributed by atoms with Crippen molar-refractivity contribution < 1.29 is 0 Å². The van der Waals surface area contributed by atoms with Crippen LogP contribution < -0.4 is 0 Å². The van der Waals surface area contributed by atoms with E-state index in [1.54, 1.807) is 0 Å². The Balaban J connectivity index is 1.45. The summed E-state index contributed by atoms with van der Waals surface area (Å²) in [6, 6.07) is 53.0. The topological polar surface area (TPSA) is 35.6 Å². The molecule has 0 saturated carbocycles. The van der Waals surface area contributed by atoms with Crippen LogP contribution >= 0.6 is 0 Å². The van der Waals surface area contributed by atoms with Gasteiger partial charge in [-0.15, -0.1) is 0 Å². The minimum atomic E-state index is 0.656. The molecule has 0 fully saturated rings. The Morgan fingerprint density at radius 1 is 0.432 bits per heavy atom. The summed E-state index contributed by atoms with van der Waals surface area (Å²) in [5.41, 5.74) is 8.43. The molecule has 0 aliphatic heterocycles. The van der Waals surface area contributed by atoms with Crippen LogP contribution in [0.4, 0.5) is 0 Å². The molecule has 3 heterocycles. The van der Waals surface area contributed by atoms with Crippen molar-refractivity contribution >= 4 is 43.5 Å². The minimum Gasteiger partial charge on any atom is -0.316 e. The first-order valence-electron chi connectivity index (χ1n) is 14.9. The standard InChI is InChI=1S/C40H26N4/c1-4-14-27(15-5-1)34-26-35(28-16-6-2-7-17-28)42-40(41-34)44-36-23-13-12-22-32(36)37-33-24-25-43(29-18-8-3-9-19-29)38(33)30-20-10-11-21-31(30)39(37)44/h1-26H. The van der Waals surface area contributed by atoms with Crippen molar-refractivity contribution in [2.75, 3.05) is 0 Å². The highest BCUT2D eigenvalue weighted by atomic mass is 15.2. The second kappa shape index (κ2) is 9.79. The maximum atomic E-state index is 5.26. The second-order valence-electron chi connectivity index (χ2n) is 11.1. The van der Waals surface area contributed by atoms with Gasteiger partial charge in [-0.25, -0.2) is 9.97 Å². The molecule has 3 aromatic heterocycles. The predicted molar refractivity (Wildman–Crippen MR) is 182 cm³/mol. The van der Waals surface area contributed by atoms with Gasteiger partial charge < -0.3 is 4.57 Å². The maximum Gasteiger partial charge on any atom is 0.235 e. The van der Waals surface area contributed by atoms with E-state index in [0.29, 0.717) is 5.95 Å². The van der Waals surface area contributed by atoms with E-state index in [4.69, 9.17) is 9.97 Å². The summed E-state index contributed by atoms with van der Waals surface area (Å²) < 4.78 is 4.58. The first-order chi connectivity index (χ1) is 21.8. The lowest BCUT2D eigenvalue weighted by Gasteiger charge is -2.14. The molecule has 0 aliphatic carbocycles. The molecule has 0 amide bonds. The first kappa shape index (κ1) is 24.6. The lowest BCUT2D eigenvalue weighted by atomic mass is 10.0. The van der Waals surface area contributed by atoms with E-state index in [9.17, 15) is 0 Å². The van der Waals surface area contributed by atoms with Crippen molar-refractivity contribution in [3.8, 4) is 34.2 Å². The van der Waals surface area contributed by atoms with E-state index in [0.717, 1.165) is 44.6 Å². The fourth-order valence-corrected chi connectivity index (χ4v) is 6.63. The summed E-state index contributed by atoms with van der Waals surface area (Å²) in [6.07, 6.45) is 2.19. The first-order valence-corrected chi connectivity index (χ1v) is 14.9. The van der Waals surface area contributed by atoms with E-state index in [1.807, 2.05) is 12.1 Å². The Kier molecular flexibility index (Phi) is 5.47. The third kappa shape index (κ3) is 3.71. The molecule has 206 valence electrons. The number of para-hydroxylation sites is 2. The van der Waals surface area contributed by atoms with Gasteiger partial charge in [0.2, 0.25) is 5.95 Å². The molecule has 0 bridgehead atoms. The maximum absolute atomic E-state index is 5.26. The molecule has 0 atom stereocenters. The molecular formula is C40H26N4. The number of rotatable bonds is 4. The Morgan fingerprint density at radius 3 is 1.59 bits per heavy atom. The third-order valence-electron chi connectivity index (χ3n) is 8.56. The molecule has 4 nitrogen and oxygen atoms in total. The molecular weight excluding hydrogens is 536 g/mol. The highest BCUT2D eigenvalue weighted by Crippen LogP contribution is 2.43. The van der Waals surface area contributed by atoms with E-state index in [1.165, 1.54) is 27.1 Å². The van der Waals surface area contributed by atoms with Crippen molar-refractivity contribution in [2.24, 2.45) is 0 Å². The highest BCUT2D eigenvalue weighted by Gasteiger charge is 2.22. The zero-order valence-electron chi connectivity index (χ0n) is 23.8.